The Bertz CT molecular complexity index is 462. The Hall–Kier alpha value is -1.40. The summed E-state index contributed by atoms with van der Waals surface area (Å²) in [4.78, 5) is 16.3. The third-order valence-corrected chi connectivity index (χ3v) is 4.52. The number of amides is 1. The number of hydrogen-bond acceptors (Lipinski definition) is 5. The molecule has 1 fully saturated rings. The third-order valence-electron chi connectivity index (χ3n) is 3.55. The van der Waals surface area contributed by atoms with Crippen molar-refractivity contribution in [3.8, 4) is 5.75 Å². The fraction of sp³-hybridized carbons (Fsp3) is 0.533. The number of nitrogens with zero attached hydrogens (tertiary/aromatic N) is 2. The van der Waals surface area contributed by atoms with E-state index >= 15 is 0 Å². The molecule has 0 radical (unpaired) electrons. The number of hydrogen-bond donors (Lipinski definition) is 1. The fourth-order valence-corrected chi connectivity index (χ4v) is 3.09. The minimum atomic E-state index is 0.216. The molecule has 0 aliphatic carbocycles. The van der Waals surface area contributed by atoms with E-state index in [1.165, 1.54) is 0 Å². The van der Waals surface area contributed by atoms with E-state index in [0.717, 1.165) is 43.4 Å². The van der Waals surface area contributed by atoms with E-state index in [9.17, 15) is 4.79 Å². The number of carbonyl (C=O) groups is 1. The molecule has 2 rings (SSSR count). The van der Waals surface area contributed by atoms with Crippen molar-refractivity contribution in [2.75, 3.05) is 56.2 Å². The predicted octanol–water partition coefficient (Wildman–Crippen LogP) is 1.04. The van der Waals surface area contributed by atoms with E-state index < -0.39 is 0 Å². The first-order chi connectivity index (χ1) is 10.3. The topological polar surface area (TPSA) is 58.8 Å². The molecule has 5 nitrogen and oxygen atoms in total. The van der Waals surface area contributed by atoms with Crippen LogP contribution in [0.5, 0.6) is 5.75 Å². The average Bonchev–Trinajstić information content (AvgIpc) is 2.55. The summed E-state index contributed by atoms with van der Waals surface area (Å²) in [5.74, 6) is 2.47. The highest BCUT2D eigenvalue weighted by molar-refractivity contribution is 7.99. The number of carbonyl (C=O) groups excluding carboxylic acids is 1. The number of methoxy groups -OCH3 is 1. The van der Waals surface area contributed by atoms with Crippen LogP contribution in [0.1, 0.15) is 0 Å². The molecule has 1 aromatic carbocycles. The second-order valence-electron chi connectivity index (χ2n) is 4.88. The van der Waals surface area contributed by atoms with Crippen LogP contribution in [0, 0.1) is 0 Å². The molecule has 0 saturated carbocycles. The molecule has 0 atom stereocenters. The lowest BCUT2D eigenvalue weighted by Crippen LogP contribution is -2.49. The summed E-state index contributed by atoms with van der Waals surface area (Å²) in [6.45, 7) is 3.83. The van der Waals surface area contributed by atoms with E-state index in [2.05, 4.69) is 11.0 Å². The van der Waals surface area contributed by atoms with Crippen LogP contribution in [0.4, 0.5) is 5.69 Å². The van der Waals surface area contributed by atoms with Gasteiger partial charge in [0.15, 0.2) is 0 Å². The van der Waals surface area contributed by atoms with E-state index in [0.29, 0.717) is 12.3 Å². The molecule has 0 spiro atoms. The molecule has 0 aromatic heterocycles. The summed E-state index contributed by atoms with van der Waals surface area (Å²) >= 11 is 1.61. The van der Waals surface area contributed by atoms with Crippen LogP contribution < -0.4 is 15.4 Å². The van der Waals surface area contributed by atoms with Crippen molar-refractivity contribution in [3.05, 3.63) is 24.3 Å². The molecule has 1 aliphatic heterocycles. The molecule has 2 N–H and O–H groups in total. The second kappa shape index (κ2) is 8.14. The number of piperazine rings is 1. The minimum Gasteiger partial charge on any atom is -0.495 e. The standard InChI is InChI=1S/C15H23N3O2S/c1-20-14-5-3-2-4-13(14)17-7-9-18(10-8-17)15(19)12-21-11-6-16/h2-5H,6-12,16H2,1H3. The smallest absolute Gasteiger partial charge is 0.232 e. The van der Waals surface area contributed by atoms with Crippen LogP contribution in [0.3, 0.4) is 0 Å². The summed E-state index contributed by atoms with van der Waals surface area (Å²) in [6.07, 6.45) is 0. The van der Waals surface area contributed by atoms with Crippen molar-refractivity contribution in [1.82, 2.24) is 4.90 Å². The van der Waals surface area contributed by atoms with Gasteiger partial charge in [0.05, 0.1) is 18.6 Å². The van der Waals surface area contributed by atoms with Crippen molar-refractivity contribution in [2.45, 2.75) is 0 Å². The van der Waals surface area contributed by atoms with Crippen molar-refractivity contribution in [3.63, 3.8) is 0 Å². The van der Waals surface area contributed by atoms with Gasteiger partial charge in [0.25, 0.3) is 0 Å². The highest BCUT2D eigenvalue weighted by Crippen LogP contribution is 2.28. The molecule has 6 heteroatoms. The van der Waals surface area contributed by atoms with Crippen molar-refractivity contribution < 1.29 is 9.53 Å². The Morgan fingerprint density at radius 3 is 2.67 bits per heavy atom. The highest BCUT2D eigenvalue weighted by atomic mass is 32.2. The molecule has 21 heavy (non-hydrogen) atoms. The summed E-state index contributed by atoms with van der Waals surface area (Å²) < 4.78 is 5.40. The summed E-state index contributed by atoms with van der Waals surface area (Å²) in [7, 11) is 1.69. The molecule has 0 unspecified atom stereocenters. The summed E-state index contributed by atoms with van der Waals surface area (Å²) in [5, 5.41) is 0. The maximum Gasteiger partial charge on any atom is 0.232 e. The monoisotopic (exact) mass is 309 g/mol. The van der Waals surface area contributed by atoms with Gasteiger partial charge in [-0.3, -0.25) is 4.79 Å². The van der Waals surface area contributed by atoms with E-state index in [-0.39, 0.29) is 5.91 Å². The average molecular weight is 309 g/mol. The molecule has 0 bridgehead atoms. The fourth-order valence-electron chi connectivity index (χ4n) is 2.42. The zero-order chi connectivity index (χ0) is 15.1. The van der Waals surface area contributed by atoms with E-state index in [1.807, 2.05) is 23.1 Å². The number of benzene rings is 1. The van der Waals surface area contributed by atoms with Crippen LogP contribution in [0.25, 0.3) is 0 Å². The highest BCUT2D eigenvalue weighted by Gasteiger charge is 2.22. The molecule has 1 saturated heterocycles. The maximum absolute atomic E-state index is 12.1. The van der Waals surface area contributed by atoms with Gasteiger partial charge in [0.1, 0.15) is 5.75 Å². The number of anilines is 1. The van der Waals surface area contributed by atoms with Crippen LogP contribution in [0.2, 0.25) is 0 Å². The van der Waals surface area contributed by atoms with Gasteiger partial charge in [-0.25, -0.2) is 0 Å². The van der Waals surface area contributed by atoms with E-state index in [1.54, 1.807) is 18.9 Å². The Kier molecular flexibility index (Phi) is 6.20. The Labute approximate surface area is 130 Å². The van der Waals surface area contributed by atoms with Crippen LogP contribution >= 0.6 is 11.8 Å². The number of ether oxygens (including phenoxy) is 1. The molecule has 116 valence electrons. The van der Waals surface area contributed by atoms with Crippen LogP contribution in [0.15, 0.2) is 24.3 Å². The zero-order valence-corrected chi connectivity index (χ0v) is 13.3. The molecule has 1 heterocycles. The van der Waals surface area contributed by atoms with Gasteiger partial charge in [-0.15, -0.1) is 0 Å². The Morgan fingerprint density at radius 1 is 1.29 bits per heavy atom. The first-order valence-corrected chi connectivity index (χ1v) is 8.35. The van der Waals surface area contributed by atoms with Crippen molar-refractivity contribution in [1.29, 1.82) is 0 Å². The quantitative estimate of drug-likeness (QED) is 0.796. The number of thioether (sulfide) groups is 1. The molecule has 1 aromatic rings. The van der Waals surface area contributed by atoms with Crippen molar-refractivity contribution >= 4 is 23.4 Å². The lowest BCUT2D eigenvalue weighted by atomic mass is 10.2. The molecular formula is C15H23N3O2S. The molecule has 1 amide bonds. The number of para-hydroxylation sites is 2. The Balaban J connectivity index is 1.87. The number of rotatable bonds is 6. The summed E-state index contributed by atoms with van der Waals surface area (Å²) in [5.41, 5.74) is 6.54. The second-order valence-corrected chi connectivity index (χ2v) is 5.99. The SMILES string of the molecule is COc1ccccc1N1CCN(C(=O)CSCCN)CC1. The lowest BCUT2D eigenvalue weighted by molar-refractivity contribution is -0.128. The van der Waals surface area contributed by atoms with Gasteiger partial charge in [0, 0.05) is 38.5 Å². The number of nitrogens with two attached hydrogens (primary N) is 1. The normalized spacial score (nSPS) is 15.1. The Morgan fingerprint density at radius 2 is 2.00 bits per heavy atom. The minimum absolute atomic E-state index is 0.216. The first kappa shape index (κ1) is 16.0. The van der Waals surface area contributed by atoms with Crippen LogP contribution in [-0.2, 0) is 4.79 Å². The van der Waals surface area contributed by atoms with Gasteiger partial charge in [-0.2, -0.15) is 11.8 Å². The van der Waals surface area contributed by atoms with Gasteiger partial charge in [0.2, 0.25) is 5.91 Å². The molecule has 1 aliphatic rings. The maximum atomic E-state index is 12.1. The zero-order valence-electron chi connectivity index (χ0n) is 12.5. The molecular weight excluding hydrogens is 286 g/mol. The predicted molar refractivity (Wildman–Crippen MR) is 88.2 cm³/mol. The van der Waals surface area contributed by atoms with Crippen molar-refractivity contribution in [2.24, 2.45) is 5.73 Å². The van der Waals surface area contributed by atoms with Gasteiger partial charge < -0.3 is 20.3 Å². The first-order valence-electron chi connectivity index (χ1n) is 7.20. The van der Waals surface area contributed by atoms with Gasteiger partial charge >= 0.3 is 0 Å². The van der Waals surface area contributed by atoms with Gasteiger partial charge in [-0.1, -0.05) is 12.1 Å². The van der Waals surface area contributed by atoms with E-state index in [4.69, 9.17) is 10.5 Å². The lowest BCUT2D eigenvalue weighted by Gasteiger charge is -2.36. The third kappa shape index (κ3) is 4.28. The summed E-state index contributed by atoms with van der Waals surface area (Å²) in [6, 6.07) is 8.01. The largest absolute Gasteiger partial charge is 0.495 e. The van der Waals surface area contributed by atoms with Crippen LogP contribution in [-0.4, -0.2) is 62.1 Å². The van der Waals surface area contributed by atoms with Gasteiger partial charge in [-0.05, 0) is 12.1 Å².